The van der Waals surface area contributed by atoms with E-state index in [2.05, 4.69) is 10.6 Å². The highest BCUT2D eigenvalue weighted by Crippen LogP contribution is 2.34. The predicted octanol–water partition coefficient (Wildman–Crippen LogP) is 5.62. The Hall–Kier alpha value is -3.59. The Balaban J connectivity index is 1.62. The van der Waals surface area contributed by atoms with Gasteiger partial charge >= 0.3 is 6.03 Å². The summed E-state index contributed by atoms with van der Waals surface area (Å²) in [6, 6.07) is 8.89. The van der Waals surface area contributed by atoms with Gasteiger partial charge in [-0.15, -0.1) is 0 Å². The van der Waals surface area contributed by atoms with Crippen molar-refractivity contribution in [3.8, 4) is 0 Å². The van der Waals surface area contributed by atoms with Crippen LogP contribution in [0.2, 0.25) is 5.02 Å². The Morgan fingerprint density at radius 3 is 2.41 bits per heavy atom. The molecule has 34 heavy (non-hydrogen) atoms. The molecule has 3 aromatic rings. The van der Waals surface area contributed by atoms with Crippen LogP contribution in [0.3, 0.4) is 0 Å². The molecule has 4 rings (SSSR count). The minimum absolute atomic E-state index is 0.105. The van der Waals surface area contributed by atoms with Gasteiger partial charge in [0.15, 0.2) is 0 Å². The minimum Gasteiger partial charge on any atom is -0.348 e. The zero-order chi connectivity index (χ0) is 24.6. The molecule has 0 aliphatic carbocycles. The number of fused-ring (bicyclic) bond motifs is 1. The van der Waals surface area contributed by atoms with Gasteiger partial charge in [-0.1, -0.05) is 23.7 Å². The second kappa shape index (κ2) is 9.34. The maximum Gasteiger partial charge on any atom is 0.322 e. The van der Waals surface area contributed by atoms with Gasteiger partial charge in [-0.05, 0) is 36.8 Å². The Morgan fingerprint density at radius 2 is 1.74 bits per heavy atom. The van der Waals surface area contributed by atoms with E-state index in [-0.39, 0.29) is 28.7 Å². The van der Waals surface area contributed by atoms with E-state index in [0.29, 0.717) is 23.4 Å². The topological polar surface area (TPSA) is 61.4 Å². The lowest BCUT2D eigenvalue weighted by Gasteiger charge is -2.34. The Morgan fingerprint density at radius 1 is 1.03 bits per heavy atom. The first-order valence-corrected chi connectivity index (χ1v) is 10.6. The molecule has 2 N–H and O–H groups in total. The maximum atomic E-state index is 14.4. The fourth-order valence-electron chi connectivity index (χ4n) is 3.75. The van der Waals surface area contributed by atoms with Gasteiger partial charge in [0.1, 0.15) is 23.3 Å². The van der Waals surface area contributed by atoms with Crippen molar-refractivity contribution in [3.63, 3.8) is 0 Å². The molecule has 0 radical (unpaired) electrons. The summed E-state index contributed by atoms with van der Waals surface area (Å²) in [5.74, 6) is -4.57. The van der Waals surface area contributed by atoms with Gasteiger partial charge in [0.05, 0.1) is 18.3 Å². The molecule has 3 aromatic carbocycles. The molecular formula is C24H18ClF4N3O2. The van der Waals surface area contributed by atoms with Crippen molar-refractivity contribution in [3.05, 3.63) is 99.1 Å². The number of hydrogen-bond acceptors (Lipinski definition) is 2. The van der Waals surface area contributed by atoms with E-state index in [9.17, 15) is 27.2 Å². The fraction of sp³-hybridized carbons (Fsp3) is 0.167. The Kier molecular flexibility index (Phi) is 6.47. The van der Waals surface area contributed by atoms with Crippen molar-refractivity contribution in [1.29, 1.82) is 0 Å². The molecule has 0 fully saturated rings. The maximum absolute atomic E-state index is 14.4. The third kappa shape index (κ3) is 4.56. The fourth-order valence-corrected chi connectivity index (χ4v) is 3.97. The molecule has 0 aromatic heterocycles. The summed E-state index contributed by atoms with van der Waals surface area (Å²) < 4.78 is 55.2. The monoisotopic (exact) mass is 491 g/mol. The summed E-state index contributed by atoms with van der Waals surface area (Å²) in [7, 11) is 0. The highest BCUT2D eigenvalue weighted by Gasteiger charge is 2.30. The van der Waals surface area contributed by atoms with E-state index in [1.807, 2.05) is 0 Å². The van der Waals surface area contributed by atoms with Gasteiger partial charge in [-0.2, -0.15) is 0 Å². The molecule has 1 unspecified atom stereocenters. The molecule has 10 heteroatoms. The summed E-state index contributed by atoms with van der Waals surface area (Å²) in [6.45, 7) is 1.05. The molecule has 1 heterocycles. The molecule has 0 saturated heterocycles. The number of halogens is 5. The number of amides is 3. The third-order valence-corrected chi connectivity index (χ3v) is 5.90. The quantitative estimate of drug-likeness (QED) is 0.455. The second-order valence-electron chi connectivity index (χ2n) is 7.76. The molecule has 1 atom stereocenters. The Bertz CT molecular complexity index is 1260. The van der Waals surface area contributed by atoms with Crippen molar-refractivity contribution in [2.75, 3.05) is 4.90 Å². The average molecular weight is 492 g/mol. The van der Waals surface area contributed by atoms with Crippen LogP contribution >= 0.6 is 11.6 Å². The van der Waals surface area contributed by atoms with Crippen LogP contribution in [-0.2, 0) is 13.1 Å². The second-order valence-corrected chi connectivity index (χ2v) is 8.17. The number of benzene rings is 3. The average Bonchev–Trinajstić information content (AvgIpc) is 2.77. The Labute approximate surface area is 197 Å². The van der Waals surface area contributed by atoms with Gasteiger partial charge < -0.3 is 10.6 Å². The van der Waals surface area contributed by atoms with Crippen LogP contribution < -0.4 is 15.5 Å². The van der Waals surface area contributed by atoms with Crippen LogP contribution in [0.5, 0.6) is 0 Å². The van der Waals surface area contributed by atoms with E-state index in [0.717, 1.165) is 0 Å². The van der Waals surface area contributed by atoms with E-state index in [1.54, 1.807) is 13.0 Å². The lowest BCUT2D eigenvalue weighted by molar-refractivity contribution is 0.0950. The van der Waals surface area contributed by atoms with Gasteiger partial charge in [0.25, 0.3) is 5.91 Å². The third-order valence-electron chi connectivity index (χ3n) is 5.54. The van der Waals surface area contributed by atoms with Crippen LogP contribution in [0.15, 0.2) is 48.5 Å². The first kappa shape index (κ1) is 23.6. The molecule has 1 aliphatic rings. The highest BCUT2D eigenvalue weighted by molar-refractivity contribution is 6.31. The van der Waals surface area contributed by atoms with Gasteiger partial charge in [0.2, 0.25) is 0 Å². The van der Waals surface area contributed by atoms with Crippen LogP contribution in [0, 0.1) is 23.3 Å². The highest BCUT2D eigenvalue weighted by atomic mass is 35.5. The number of nitrogens with zero attached hydrogens (tertiary/aromatic N) is 1. The smallest absolute Gasteiger partial charge is 0.322 e. The normalized spacial score (nSPS) is 15.1. The lowest BCUT2D eigenvalue weighted by atomic mass is 9.99. The van der Waals surface area contributed by atoms with E-state index in [1.165, 1.54) is 35.2 Å². The SMILES string of the molecule is CC1NC(=O)N(Cc2c(F)cccc2Cl)c2cc(C(=O)NCc3c(F)cc(F)cc3F)ccc21. The van der Waals surface area contributed by atoms with Crippen LogP contribution in [0.25, 0.3) is 0 Å². The van der Waals surface area contributed by atoms with Crippen molar-refractivity contribution < 1.29 is 27.2 Å². The molecule has 176 valence electrons. The van der Waals surface area contributed by atoms with Crippen LogP contribution in [0.4, 0.5) is 28.0 Å². The molecule has 0 spiro atoms. The molecule has 0 bridgehead atoms. The van der Waals surface area contributed by atoms with Crippen molar-refractivity contribution >= 4 is 29.2 Å². The summed E-state index contributed by atoms with van der Waals surface area (Å²) in [4.78, 5) is 26.7. The number of anilines is 1. The molecule has 3 amide bonds. The number of rotatable bonds is 5. The minimum atomic E-state index is -1.12. The lowest BCUT2D eigenvalue weighted by Crippen LogP contribution is -2.45. The molecule has 5 nitrogen and oxygen atoms in total. The zero-order valence-corrected chi connectivity index (χ0v) is 18.5. The predicted molar refractivity (Wildman–Crippen MR) is 118 cm³/mol. The van der Waals surface area contributed by atoms with Crippen molar-refractivity contribution in [2.45, 2.75) is 26.1 Å². The molecular weight excluding hydrogens is 474 g/mol. The van der Waals surface area contributed by atoms with E-state index < -0.39 is 47.3 Å². The summed E-state index contributed by atoms with van der Waals surface area (Å²) in [5, 5.41) is 5.29. The molecule has 0 saturated carbocycles. The largest absolute Gasteiger partial charge is 0.348 e. The number of hydrogen-bond donors (Lipinski definition) is 2. The van der Waals surface area contributed by atoms with Crippen molar-refractivity contribution in [2.24, 2.45) is 0 Å². The van der Waals surface area contributed by atoms with E-state index in [4.69, 9.17) is 11.6 Å². The summed E-state index contributed by atoms with van der Waals surface area (Å²) >= 11 is 6.12. The van der Waals surface area contributed by atoms with Crippen molar-refractivity contribution in [1.82, 2.24) is 10.6 Å². The molecule has 1 aliphatic heterocycles. The van der Waals surface area contributed by atoms with E-state index >= 15 is 0 Å². The van der Waals surface area contributed by atoms with Gasteiger partial charge in [0, 0.05) is 40.4 Å². The first-order chi connectivity index (χ1) is 16.2. The van der Waals surface area contributed by atoms with Crippen LogP contribution in [-0.4, -0.2) is 11.9 Å². The summed E-state index contributed by atoms with van der Waals surface area (Å²) in [5.41, 5.74) is 0.767. The first-order valence-electron chi connectivity index (χ1n) is 10.2. The summed E-state index contributed by atoms with van der Waals surface area (Å²) in [6.07, 6.45) is 0. The zero-order valence-electron chi connectivity index (χ0n) is 17.8. The number of carbonyl (C=O) groups excluding carboxylic acids is 2. The van der Waals surface area contributed by atoms with Gasteiger partial charge in [-0.25, -0.2) is 22.4 Å². The number of urea groups is 1. The standard InChI is InChI=1S/C24H18ClF4N3O2/c1-12-15-6-5-13(23(33)30-10-16-20(28)8-14(26)9-21(16)29)7-22(15)32(24(34)31-12)11-17-18(25)3-2-4-19(17)27/h2-9,12H,10-11H2,1H3,(H,30,33)(H,31,34). The number of carbonyl (C=O) groups is 2. The van der Waals surface area contributed by atoms with Gasteiger partial charge in [-0.3, -0.25) is 9.69 Å². The van der Waals surface area contributed by atoms with Crippen LogP contribution in [0.1, 0.15) is 40.0 Å². The number of nitrogens with one attached hydrogen (secondary N) is 2.